The van der Waals surface area contributed by atoms with Crippen molar-refractivity contribution in [3.8, 4) is 0 Å². The molecule has 0 amide bonds. The Balaban J connectivity index is 1.34. The van der Waals surface area contributed by atoms with Crippen molar-refractivity contribution < 1.29 is 0 Å². The molecule has 46 heavy (non-hydrogen) atoms. The van der Waals surface area contributed by atoms with Crippen LogP contribution in [0.25, 0.3) is 33.7 Å². The van der Waals surface area contributed by atoms with E-state index in [0.29, 0.717) is 5.92 Å². The maximum absolute atomic E-state index is 5.36. The predicted octanol–water partition coefficient (Wildman–Crippen LogP) is 12.2. The number of hydrogen-bond donors (Lipinski definition) is 0. The Morgan fingerprint density at radius 2 is 1.37 bits per heavy atom. The zero-order chi connectivity index (χ0) is 31.9. The minimum Gasteiger partial charge on any atom is -0.257 e. The van der Waals surface area contributed by atoms with Gasteiger partial charge in [0.15, 0.2) is 0 Å². The number of fused-ring (bicyclic) bond motifs is 3. The molecule has 1 nitrogen and oxygen atoms in total. The van der Waals surface area contributed by atoms with Crippen molar-refractivity contribution in [1.82, 2.24) is 0 Å². The van der Waals surface area contributed by atoms with Gasteiger partial charge >= 0.3 is 0 Å². The zero-order valence-corrected chi connectivity index (χ0v) is 27.1. The Kier molecular flexibility index (Phi) is 9.51. The summed E-state index contributed by atoms with van der Waals surface area (Å²) < 4.78 is 0. The van der Waals surface area contributed by atoms with Crippen molar-refractivity contribution in [2.75, 3.05) is 0 Å². The van der Waals surface area contributed by atoms with Gasteiger partial charge in [0, 0.05) is 17.0 Å². The van der Waals surface area contributed by atoms with E-state index in [9.17, 15) is 0 Å². The fraction of sp³-hybridized carbons (Fsp3) is 0.133. The van der Waals surface area contributed by atoms with E-state index < -0.39 is 0 Å². The van der Waals surface area contributed by atoms with Gasteiger partial charge in [0.25, 0.3) is 0 Å². The number of allylic oxidation sites excluding steroid dienone is 3. The minimum absolute atomic E-state index is 0.324. The molecule has 0 saturated heterocycles. The molecule has 0 aliphatic carbocycles. The first-order valence-electron chi connectivity index (χ1n) is 16.2. The molecule has 1 atom stereocenters. The predicted molar refractivity (Wildman–Crippen MR) is 201 cm³/mol. The molecule has 0 aromatic heterocycles. The van der Waals surface area contributed by atoms with Gasteiger partial charge in [0.05, 0.1) is 0 Å². The fourth-order valence-electron chi connectivity index (χ4n) is 6.23. The Hall–Kier alpha value is -5.27. The Labute approximate surface area is 274 Å². The van der Waals surface area contributed by atoms with Crippen LogP contribution in [0, 0.1) is 0 Å². The smallest absolute Gasteiger partial charge is 0.0491 e. The maximum Gasteiger partial charge on any atom is 0.0491 e. The molecule has 0 spiro atoms. The standard InChI is InChI=1S/C45H41N/c1-32(2)22-27-38-16-8-9-17-39(38)30-36-25-23-35(24-26-36)29-34(4)46-45(28-33(3)37-14-6-5-7-15-37)44-31-40-18-10-11-19-41(40)42-20-12-13-21-43(42)44/h5-27,29,31,33H,1,28,30H2,2-4H3. The minimum atomic E-state index is 0.324. The summed E-state index contributed by atoms with van der Waals surface area (Å²) >= 11 is 0. The molecule has 1 unspecified atom stereocenters. The van der Waals surface area contributed by atoms with E-state index in [-0.39, 0.29) is 0 Å². The van der Waals surface area contributed by atoms with Crippen molar-refractivity contribution in [1.29, 1.82) is 0 Å². The molecular weight excluding hydrogens is 555 g/mol. The SMILES string of the molecule is C=C(C)C=Cc1ccccc1Cc1ccc(C=C(C)N=C(CC(C)c2ccccc2)c2cc3ccccc3c3ccccc23)cc1. The van der Waals surface area contributed by atoms with Gasteiger partial charge in [-0.25, -0.2) is 0 Å². The molecular formula is C45H41N. The molecule has 6 aromatic carbocycles. The number of nitrogens with zero attached hydrogens (tertiary/aromatic N) is 1. The van der Waals surface area contributed by atoms with E-state index in [1.165, 1.54) is 49.4 Å². The van der Waals surface area contributed by atoms with Gasteiger partial charge in [0.2, 0.25) is 0 Å². The summed E-state index contributed by atoms with van der Waals surface area (Å²) in [7, 11) is 0. The van der Waals surface area contributed by atoms with Crippen LogP contribution in [0.3, 0.4) is 0 Å². The zero-order valence-electron chi connectivity index (χ0n) is 27.1. The van der Waals surface area contributed by atoms with Crippen molar-refractivity contribution >= 4 is 39.4 Å². The third-order valence-corrected chi connectivity index (χ3v) is 8.61. The van der Waals surface area contributed by atoms with Crippen LogP contribution in [-0.2, 0) is 6.42 Å². The van der Waals surface area contributed by atoms with Gasteiger partial charge in [-0.3, -0.25) is 4.99 Å². The lowest BCUT2D eigenvalue weighted by atomic mass is 9.89. The van der Waals surface area contributed by atoms with Crippen molar-refractivity contribution in [2.24, 2.45) is 4.99 Å². The van der Waals surface area contributed by atoms with Crippen LogP contribution in [0.15, 0.2) is 162 Å². The third kappa shape index (κ3) is 7.33. The third-order valence-electron chi connectivity index (χ3n) is 8.61. The van der Waals surface area contributed by atoms with E-state index in [1.54, 1.807) is 0 Å². The van der Waals surface area contributed by atoms with Crippen LogP contribution >= 0.6 is 0 Å². The van der Waals surface area contributed by atoms with Crippen molar-refractivity contribution in [3.63, 3.8) is 0 Å². The van der Waals surface area contributed by atoms with Gasteiger partial charge in [0.1, 0.15) is 0 Å². The van der Waals surface area contributed by atoms with Crippen LogP contribution in [0.5, 0.6) is 0 Å². The largest absolute Gasteiger partial charge is 0.257 e. The van der Waals surface area contributed by atoms with Gasteiger partial charge in [-0.1, -0.05) is 159 Å². The summed E-state index contributed by atoms with van der Waals surface area (Å²) in [5.74, 6) is 0.324. The summed E-state index contributed by atoms with van der Waals surface area (Å²) in [6.07, 6.45) is 8.16. The normalized spacial score (nSPS) is 13.0. The monoisotopic (exact) mass is 595 g/mol. The highest BCUT2D eigenvalue weighted by molar-refractivity contribution is 6.19. The Morgan fingerprint density at radius 3 is 2.13 bits per heavy atom. The fourth-order valence-corrected chi connectivity index (χ4v) is 6.23. The van der Waals surface area contributed by atoms with E-state index in [0.717, 1.165) is 35.4 Å². The van der Waals surface area contributed by atoms with Gasteiger partial charge < -0.3 is 0 Å². The van der Waals surface area contributed by atoms with Crippen molar-refractivity contribution in [2.45, 2.75) is 39.5 Å². The summed E-state index contributed by atoms with van der Waals surface area (Å²) in [4.78, 5) is 5.36. The molecule has 226 valence electrons. The summed E-state index contributed by atoms with van der Waals surface area (Å²) in [6, 6.07) is 48.0. The first-order valence-corrected chi connectivity index (χ1v) is 16.2. The molecule has 0 bridgehead atoms. The topological polar surface area (TPSA) is 12.4 Å². The van der Waals surface area contributed by atoms with Crippen LogP contribution < -0.4 is 0 Å². The quantitative estimate of drug-likeness (QED) is 0.0848. The molecule has 0 aliphatic rings. The van der Waals surface area contributed by atoms with Crippen LogP contribution in [0.4, 0.5) is 0 Å². The molecule has 6 rings (SSSR count). The first-order chi connectivity index (χ1) is 22.4. The van der Waals surface area contributed by atoms with Crippen LogP contribution in [0.1, 0.15) is 66.5 Å². The molecule has 0 N–H and O–H groups in total. The first kappa shape index (κ1) is 30.7. The average molecular weight is 596 g/mol. The highest BCUT2D eigenvalue weighted by Crippen LogP contribution is 2.32. The second-order valence-corrected chi connectivity index (χ2v) is 12.3. The van der Waals surface area contributed by atoms with Crippen LogP contribution in [-0.4, -0.2) is 5.71 Å². The number of benzene rings is 6. The maximum atomic E-state index is 5.36. The summed E-state index contributed by atoms with van der Waals surface area (Å²) in [5, 5.41) is 5.03. The highest BCUT2D eigenvalue weighted by atomic mass is 14.8. The van der Waals surface area contributed by atoms with E-state index in [4.69, 9.17) is 4.99 Å². The lowest BCUT2D eigenvalue weighted by Crippen LogP contribution is -2.08. The molecule has 6 aromatic rings. The van der Waals surface area contributed by atoms with Gasteiger partial charge in [-0.2, -0.15) is 0 Å². The summed E-state index contributed by atoms with van der Waals surface area (Å²) in [6.45, 7) is 10.4. The highest BCUT2D eigenvalue weighted by Gasteiger charge is 2.16. The second kappa shape index (κ2) is 14.2. The summed E-state index contributed by atoms with van der Waals surface area (Å²) in [5.41, 5.74) is 10.7. The Morgan fingerprint density at radius 1 is 0.717 bits per heavy atom. The van der Waals surface area contributed by atoms with Crippen LogP contribution in [0.2, 0.25) is 0 Å². The number of aliphatic imine (C=N–C) groups is 1. The Bertz CT molecular complexity index is 2070. The van der Waals surface area contributed by atoms with Gasteiger partial charge in [-0.05, 0) is 94.1 Å². The molecule has 1 heteroatoms. The van der Waals surface area contributed by atoms with Gasteiger partial charge in [-0.15, -0.1) is 0 Å². The molecule has 0 fully saturated rings. The molecule has 0 aliphatic heterocycles. The molecule has 0 heterocycles. The van der Waals surface area contributed by atoms with E-state index >= 15 is 0 Å². The number of rotatable bonds is 10. The number of hydrogen-bond acceptors (Lipinski definition) is 1. The molecule has 0 saturated carbocycles. The molecule has 0 radical (unpaired) electrons. The average Bonchev–Trinajstić information content (AvgIpc) is 3.08. The van der Waals surface area contributed by atoms with E-state index in [2.05, 4.69) is 172 Å². The van der Waals surface area contributed by atoms with Crippen molar-refractivity contribution in [3.05, 3.63) is 191 Å². The lowest BCUT2D eigenvalue weighted by Gasteiger charge is -2.17. The lowest BCUT2D eigenvalue weighted by molar-refractivity contribution is 0.804. The van der Waals surface area contributed by atoms with E-state index in [1.807, 2.05) is 6.92 Å². The second-order valence-electron chi connectivity index (χ2n) is 12.3.